The highest BCUT2D eigenvalue weighted by Gasteiger charge is 2.17. The van der Waals surface area contributed by atoms with E-state index in [2.05, 4.69) is 20.6 Å². The number of benzene rings is 1. The molecule has 8 heteroatoms. The van der Waals surface area contributed by atoms with Crippen LogP contribution in [0.3, 0.4) is 0 Å². The van der Waals surface area contributed by atoms with Crippen LogP contribution in [0.25, 0.3) is 4.96 Å². The molecule has 1 aromatic carbocycles. The maximum atomic E-state index is 12.1. The molecule has 0 radical (unpaired) electrons. The van der Waals surface area contributed by atoms with Crippen LogP contribution < -0.4 is 10.1 Å². The predicted octanol–water partition coefficient (Wildman–Crippen LogP) is 1.90. The number of para-hydroxylation sites is 1. The number of nitrogens with one attached hydrogen (secondary N) is 1. The Morgan fingerprint density at radius 3 is 2.81 bits per heavy atom. The van der Waals surface area contributed by atoms with Gasteiger partial charge in [0.2, 0.25) is 10.1 Å². The summed E-state index contributed by atoms with van der Waals surface area (Å²) in [7, 11) is 0. The van der Waals surface area contributed by atoms with Gasteiger partial charge in [0.1, 0.15) is 5.75 Å². The lowest BCUT2D eigenvalue weighted by molar-refractivity contribution is -0.122. The number of amides is 1. The molecule has 1 unspecified atom stereocenters. The van der Waals surface area contributed by atoms with Crippen molar-refractivity contribution in [2.75, 3.05) is 5.32 Å². The maximum absolute atomic E-state index is 12.1. The highest BCUT2D eigenvalue weighted by molar-refractivity contribution is 7.20. The van der Waals surface area contributed by atoms with Crippen molar-refractivity contribution >= 4 is 27.3 Å². The Labute approximate surface area is 124 Å². The third-order valence-electron chi connectivity index (χ3n) is 2.80. The van der Waals surface area contributed by atoms with E-state index in [1.165, 1.54) is 11.3 Å². The number of ether oxygens (including phenoxy) is 1. The quantitative estimate of drug-likeness (QED) is 0.796. The minimum absolute atomic E-state index is 0.263. The number of anilines is 1. The van der Waals surface area contributed by atoms with Crippen LogP contribution in [0, 0.1) is 6.92 Å². The van der Waals surface area contributed by atoms with E-state index in [-0.39, 0.29) is 5.91 Å². The molecule has 3 aromatic rings. The van der Waals surface area contributed by atoms with Crippen molar-refractivity contribution in [2.24, 2.45) is 0 Å². The molecule has 0 spiro atoms. The summed E-state index contributed by atoms with van der Waals surface area (Å²) >= 11 is 1.26. The zero-order valence-electron chi connectivity index (χ0n) is 11.5. The molecular weight excluding hydrogens is 290 g/mol. The second-order valence-corrected chi connectivity index (χ2v) is 5.37. The number of fused-ring (bicyclic) bond motifs is 1. The lowest BCUT2D eigenvalue weighted by atomic mass is 10.3. The number of aromatic nitrogens is 4. The number of rotatable bonds is 4. The van der Waals surface area contributed by atoms with Gasteiger partial charge in [-0.25, -0.2) is 0 Å². The van der Waals surface area contributed by atoms with Gasteiger partial charge in [-0.3, -0.25) is 10.1 Å². The third-order valence-corrected chi connectivity index (χ3v) is 3.62. The fraction of sp³-hybridized carbons (Fsp3) is 0.231. The van der Waals surface area contributed by atoms with Gasteiger partial charge in [0.15, 0.2) is 11.9 Å². The molecule has 7 nitrogen and oxygen atoms in total. The Morgan fingerprint density at radius 1 is 1.33 bits per heavy atom. The zero-order chi connectivity index (χ0) is 14.8. The first-order chi connectivity index (χ1) is 10.1. The summed E-state index contributed by atoms with van der Waals surface area (Å²) in [6.07, 6.45) is -0.622. The topological polar surface area (TPSA) is 81.4 Å². The largest absolute Gasteiger partial charge is 0.481 e. The van der Waals surface area contributed by atoms with Crippen LogP contribution >= 0.6 is 11.3 Å². The molecule has 108 valence electrons. The molecule has 0 saturated carbocycles. The van der Waals surface area contributed by atoms with Crippen LogP contribution in [0.15, 0.2) is 30.3 Å². The van der Waals surface area contributed by atoms with E-state index < -0.39 is 6.10 Å². The fourth-order valence-electron chi connectivity index (χ4n) is 1.73. The number of hydrogen-bond donors (Lipinski definition) is 1. The molecule has 3 rings (SSSR count). The highest BCUT2D eigenvalue weighted by atomic mass is 32.1. The van der Waals surface area contributed by atoms with Crippen molar-refractivity contribution in [3.63, 3.8) is 0 Å². The van der Waals surface area contributed by atoms with Crippen LogP contribution in [0.4, 0.5) is 5.13 Å². The molecule has 0 bridgehead atoms. The lowest BCUT2D eigenvalue weighted by Gasteiger charge is -2.13. The Morgan fingerprint density at radius 2 is 2.10 bits per heavy atom. The summed E-state index contributed by atoms with van der Waals surface area (Å²) in [6, 6.07) is 9.20. The van der Waals surface area contributed by atoms with Gasteiger partial charge in [-0.2, -0.15) is 4.52 Å². The molecule has 2 heterocycles. The van der Waals surface area contributed by atoms with Gasteiger partial charge in [0.25, 0.3) is 5.91 Å². The van der Waals surface area contributed by atoms with E-state index in [0.717, 1.165) is 0 Å². The van der Waals surface area contributed by atoms with Crippen LogP contribution in [0.2, 0.25) is 0 Å². The first kappa shape index (κ1) is 13.5. The molecule has 1 atom stereocenters. The van der Waals surface area contributed by atoms with Crippen LogP contribution in [-0.4, -0.2) is 31.8 Å². The van der Waals surface area contributed by atoms with Gasteiger partial charge in [-0.15, -0.1) is 15.3 Å². The molecule has 0 aliphatic rings. The van der Waals surface area contributed by atoms with Crippen molar-refractivity contribution in [3.8, 4) is 5.75 Å². The molecule has 0 aliphatic carbocycles. The van der Waals surface area contributed by atoms with E-state index in [9.17, 15) is 4.79 Å². The number of hydrogen-bond acceptors (Lipinski definition) is 6. The summed E-state index contributed by atoms with van der Waals surface area (Å²) in [5.41, 5.74) is 0. The second-order valence-electron chi connectivity index (χ2n) is 4.41. The standard InChI is InChI=1S/C13H13N5O2S/c1-8(20-10-6-4-3-5-7-10)11(19)14-12-17-18-9(2)15-16-13(18)21-12/h3-8H,1-2H3,(H,14,17,19). The summed E-state index contributed by atoms with van der Waals surface area (Å²) in [5, 5.41) is 15.2. The molecule has 21 heavy (non-hydrogen) atoms. The zero-order valence-corrected chi connectivity index (χ0v) is 12.3. The average molecular weight is 303 g/mol. The Bertz CT molecular complexity index is 767. The van der Waals surface area contributed by atoms with Gasteiger partial charge in [-0.05, 0) is 26.0 Å². The lowest BCUT2D eigenvalue weighted by Crippen LogP contribution is -2.30. The molecule has 1 N–H and O–H groups in total. The molecule has 0 fully saturated rings. The van der Waals surface area contributed by atoms with Crippen molar-refractivity contribution in [1.29, 1.82) is 0 Å². The van der Waals surface area contributed by atoms with E-state index in [4.69, 9.17) is 4.74 Å². The van der Waals surface area contributed by atoms with Gasteiger partial charge >= 0.3 is 0 Å². The van der Waals surface area contributed by atoms with Crippen molar-refractivity contribution in [1.82, 2.24) is 19.8 Å². The highest BCUT2D eigenvalue weighted by Crippen LogP contribution is 2.19. The number of carbonyl (C=O) groups excluding carboxylic acids is 1. The number of carbonyl (C=O) groups is 1. The van der Waals surface area contributed by atoms with Gasteiger partial charge in [-0.1, -0.05) is 29.5 Å². The van der Waals surface area contributed by atoms with E-state index >= 15 is 0 Å². The summed E-state index contributed by atoms with van der Waals surface area (Å²) < 4.78 is 7.14. The minimum atomic E-state index is -0.622. The average Bonchev–Trinajstić information content (AvgIpc) is 3.02. The first-order valence-corrected chi connectivity index (χ1v) is 7.16. The summed E-state index contributed by atoms with van der Waals surface area (Å²) in [6.45, 7) is 3.49. The van der Waals surface area contributed by atoms with Gasteiger partial charge in [0, 0.05) is 0 Å². The monoisotopic (exact) mass is 303 g/mol. The smallest absolute Gasteiger partial charge is 0.266 e. The molecule has 1 amide bonds. The van der Waals surface area contributed by atoms with Crippen molar-refractivity contribution < 1.29 is 9.53 Å². The van der Waals surface area contributed by atoms with E-state index in [1.54, 1.807) is 30.5 Å². The van der Waals surface area contributed by atoms with Crippen molar-refractivity contribution in [2.45, 2.75) is 20.0 Å². The van der Waals surface area contributed by atoms with Gasteiger partial charge < -0.3 is 4.74 Å². The number of aryl methyl sites for hydroxylation is 1. The Hall–Kier alpha value is -2.48. The second kappa shape index (κ2) is 5.49. The third kappa shape index (κ3) is 2.84. The fourth-order valence-corrected chi connectivity index (χ4v) is 2.52. The van der Waals surface area contributed by atoms with E-state index in [0.29, 0.717) is 21.7 Å². The molecule has 2 aromatic heterocycles. The van der Waals surface area contributed by atoms with Crippen LogP contribution in [-0.2, 0) is 4.79 Å². The summed E-state index contributed by atoms with van der Waals surface area (Å²) in [5.74, 6) is 1.06. The maximum Gasteiger partial charge on any atom is 0.266 e. The SMILES string of the molecule is Cc1nnc2sc(NC(=O)C(C)Oc3ccccc3)nn12. The predicted molar refractivity (Wildman–Crippen MR) is 78.6 cm³/mol. The minimum Gasteiger partial charge on any atom is -0.481 e. The van der Waals surface area contributed by atoms with Gasteiger partial charge in [0.05, 0.1) is 0 Å². The van der Waals surface area contributed by atoms with Crippen molar-refractivity contribution in [3.05, 3.63) is 36.2 Å². The Balaban J connectivity index is 1.67. The number of nitrogens with zero attached hydrogens (tertiary/aromatic N) is 4. The molecule has 0 saturated heterocycles. The van der Waals surface area contributed by atoms with Crippen LogP contribution in [0.5, 0.6) is 5.75 Å². The van der Waals surface area contributed by atoms with E-state index in [1.807, 2.05) is 18.2 Å². The molecular formula is C13H13N5O2S. The summed E-state index contributed by atoms with van der Waals surface area (Å²) in [4.78, 5) is 12.7. The Kier molecular flexibility index (Phi) is 3.53. The normalized spacial score (nSPS) is 12.3. The first-order valence-electron chi connectivity index (χ1n) is 6.35. The van der Waals surface area contributed by atoms with Crippen LogP contribution in [0.1, 0.15) is 12.7 Å². The molecule has 0 aliphatic heterocycles.